The maximum atomic E-state index is 13.1. The highest BCUT2D eigenvalue weighted by molar-refractivity contribution is 7.99. The molecule has 174 valence electrons. The summed E-state index contributed by atoms with van der Waals surface area (Å²) in [4.78, 5) is 36.8. The number of ether oxygens (including phenoxy) is 2. The summed E-state index contributed by atoms with van der Waals surface area (Å²) in [5.74, 6) is -0.773. The Hall–Kier alpha value is -2.85. The quantitative estimate of drug-likeness (QED) is 0.220. The molecule has 10 heteroatoms. The molecule has 1 aliphatic heterocycles. The number of carbonyl (C=O) groups excluding carboxylic acids is 2. The van der Waals surface area contributed by atoms with Crippen molar-refractivity contribution in [3.8, 4) is 0 Å². The molecule has 0 radical (unpaired) electrons. The molecule has 0 aromatic heterocycles. The van der Waals surface area contributed by atoms with Crippen molar-refractivity contribution in [2.45, 2.75) is 33.1 Å². The Morgan fingerprint density at radius 1 is 1.19 bits per heavy atom. The average Bonchev–Trinajstić information content (AvgIpc) is 2.76. The van der Waals surface area contributed by atoms with E-state index in [2.05, 4.69) is 5.32 Å². The monoisotopic (exact) mass is 463 g/mol. The van der Waals surface area contributed by atoms with Crippen LogP contribution in [-0.2, 0) is 19.1 Å². The van der Waals surface area contributed by atoms with E-state index in [1.807, 2.05) is 0 Å². The SMILES string of the molecule is CCOC(=O)C1=C(C)NC(CSCCCN)=C(C(=O)OCC)C1c1cccc([N+](=O)[O-])c1. The topological polar surface area (TPSA) is 134 Å². The van der Waals surface area contributed by atoms with Crippen LogP contribution < -0.4 is 11.1 Å². The van der Waals surface area contributed by atoms with E-state index >= 15 is 0 Å². The second-order valence-electron chi connectivity index (χ2n) is 6.98. The summed E-state index contributed by atoms with van der Waals surface area (Å²) in [5, 5.41) is 14.6. The van der Waals surface area contributed by atoms with Gasteiger partial charge in [0.25, 0.3) is 5.69 Å². The minimum atomic E-state index is -0.862. The van der Waals surface area contributed by atoms with Crippen molar-refractivity contribution in [3.05, 3.63) is 62.5 Å². The zero-order chi connectivity index (χ0) is 23.7. The zero-order valence-corrected chi connectivity index (χ0v) is 19.3. The van der Waals surface area contributed by atoms with Gasteiger partial charge >= 0.3 is 11.9 Å². The molecule has 2 rings (SSSR count). The van der Waals surface area contributed by atoms with Crippen LogP contribution in [0.3, 0.4) is 0 Å². The molecule has 1 unspecified atom stereocenters. The first kappa shape index (κ1) is 25.4. The van der Waals surface area contributed by atoms with Crippen molar-refractivity contribution >= 4 is 29.4 Å². The van der Waals surface area contributed by atoms with E-state index in [-0.39, 0.29) is 30.0 Å². The van der Waals surface area contributed by atoms with Crippen LogP contribution in [0.1, 0.15) is 38.7 Å². The van der Waals surface area contributed by atoms with Crippen molar-refractivity contribution < 1.29 is 24.0 Å². The first-order valence-corrected chi connectivity index (χ1v) is 11.6. The molecular weight excluding hydrogens is 434 g/mol. The average molecular weight is 464 g/mol. The molecule has 0 saturated heterocycles. The van der Waals surface area contributed by atoms with Crippen molar-refractivity contribution in [2.24, 2.45) is 5.73 Å². The molecule has 1 aromatic carbocycles. The van der Waals surface area contributed by atoms with Crippen molar-refractivity contribution in [3.63, 3.8) is 0 Å². The summed E-state index contributed by atoms with van der Waals surface area (Å²) in [6, 6.07) is 5.93. The molecule has 1 aliphatic rings. The van der Waals surface area contributed by atoms with Gasteiger partial charge in [-0.1, -0.05) is 12.1 Å². The Morgan fingerprint density at radius 3 is 2.44 bits per heavy atom. The van der Waals surface area contributed by atoms with Gasteiger partial charge in [0, 0.05) is 29.3 Å². The Labute approximate surface area is 191 Å². The van der Waals surface area contributed by atoms with E-state index in [1.54, 1.807) is 38.6 Å². The summed E-state index contributed by atoms with van der Waals surface area (Å²) in [6.45, 7) is 5.97. The molecule has 0 aliphatic carbocycles. The number of nitrogens with zero attached hydrogens (tertiary/aromatic N) is 1. The number of dihydropyridines is 1. The highest BCUT2D eigenvalue weighted by Gasteiger charge is 2.39. The molecule has 0 bridgehead atoms. The van der Waals surface area contributed by atoms with Crippen LogP contribution in [0.5, 0.6) is 0 Å². The number of rotatable bonds is 11. The lowest BCUT2D eigenvalue weighted by molar-refractivity contribution is -0.384. The van der Waals surface area contributed by atoms with Crippen LogP contribution in [-0.4, -0.2) is 48.1 Å². The number of nitro groups is 1. The van der Waals surface area contributed by atoms with E-state index < -0.39 is 22.8 Å². The van der Waals surface area contributed by atoms with Gasteiger partial charge in [-0.15, -0.1) is 0 Å². The van der Waals surface area contributed by atoms with E-state index in [0.717, 1.165) is 12.2 Å². The van der Waals surface area contributed by atoms with E-state index in [9.17, 15) is 19.7 Å². The fraction of sp³-hybridized carbons (Fsp3) is 0.455. The Balaban J connectivity index is 2.66. The highest BCUT2D eigenvalue weighted by Crippen LogP contribution is 2.40. The van der Waals surface area contributed by atoms with Crippen LogP contribution >= 0.6 is 11.8 Å². The number of nitrogens with one attached hydrogen (secondary N) is 1. The maximum absolute atomic E-state index is 13.1. The second-order valence-corrected chi connectivity index (χ2v) is 8.08. The fourth-order valence-corrected chi connectivity index (χ4v) is 4.40. The van der Waals surface area contributed by atoms with Crippen LogP contribution in [0, 0.1) is 10.1 Å². The van der Waals surface area contributed by atoms with Gasteiger partial charge in [-0.25, -0.2) is 9.59 Å². The van der Waals surface area contributed by atoms with Gasteiger partial charge in [0.1, 0.15) is 0 Å². The smallest absolute Gasteiger partial charge is 0.336 e. The lowest BCUT2D eigenvalue weighted by Crippen LogP contribution is -2.34. The van der Waals surface area contributed by atoms with E-state index in [0.29, 0.717) is 29.3 Å². The number of hydrogen-bond donors (Lipinski definition) is 2. The van der Waals surface area contributed by atoms with Crippen LogP contribution in [0.4, 0.5) is 5.69 Å². The van der Waals surface area contributed by atoms with Gasteiger partial charge in [-0.05, 0) is 45.1 Å². The molecule has 3 N–H and O–H groups in total. The molecule has 0 amide bonds. The van der Waals surface area contributed by atoms with Gasteiger partial charge in [-0.2, -0.15) is 11.8 Å². The summed E-state index contributed by atoms with van der Waals surface area (Å²) in [5.41, 5.74) is 7.49. The first-order valence-electron chi connectivity index (χ1n) is 10.4. The van der Waals surface area contributed by atoms with Gasteiger partial charge in [0.05, 0.1) is 35.2 Å². The molecule has 1 atom stereocenters. The highest BCUT2D eigenvalue weighted by atomic mass is 32.2. The number of allylic oxidation sites excluding steroid dienone is 1. The molecular formula is C22H29N3O6S. The van der Waals surface area contributed by atoms with Crippen molar-refractivity contribution in [1.82, 2.24) is 5.32 Å². The minimum absolute atomic E-state index is 0.135. The maximum Gasteiger partial charge on any atom is 0.336 e. The van der Waals surface area contributed by atoms with Crippen molar-refractivity contribution in [1.29, 1.82) is 0 Å². The van der Waals surface area contributed by atoms with Crippen LogP contribution in [0.15, 0.2) is 46.8 Å². The number of nitrogens with two attached hydrogens (primary N) is 1. The number of esters is 2. The molecule has 0 spiro atoms. The summed E-state index contributed by atoms with van der Waals surface area (Å²) in [7, 11) is 0. The Kier molecular flexibility index (Phi) is 9.73. The number of carbonyl (C=O) groups is 2. The largest absolute Gasteiger partial charge is 0.463 e. The Morgan fingerprint density at radius 2 is 1.84 bits per heavy atom. The Bertz CT molecular complexity index is 928. The number of thioether (sulfide) groups is 1. The van der Waals surface area contributed by atoms with Gasteiger partial charge in [0.15, 0.2) is 0 Å². The van der Waals surface area contributed by atoms with Gasteiger partial charge in [-0.3, -0.25) is 10.1 Å². The number of non-ortho nitro benzene ring substituents is 1. The third-order valence-corrected chi connectivity index (χ3v) is 5.86. The molecule has 1 heterocycles. The summed E-state index contributed by atoms with van der Waals surface area (Å²) >= 11 is 1.60. The number of hydrogen-bond acceptors (Lipinski definition) is 9. The van der Waals surface area contributed by atoms with Gasteiger partial charge in [0.2, 0.25) is 0 Å². The molecule has 0 fully saturated rings. The van der Waals surface area contributed by atoms with Crippen LogP contribution in [0.25, 0.3) is 0 Å². The van der Waals surface area contributed by atoms with Crippen molar-refractivity contribution in [2.75, 3.05) is 31.3 Å². The second kappa shape index (κ2) is 12.3. The summed E-state index contributed by atoms with van der Waals surface area (Å²) < 4.78 is 10.6. The third kappa shape index (κ3) is 6.10. The lowest BCUT2D eigenvalue weighted by Gasteiger charge is -2.31. The summed E-state index contributed by atoms with van der Waals surface area (Å²) in [6.07, 6.45) is 0.823. The number of nitro benzene ring substituents is 1. The fourth-order valence-electron chi connectivity index (χ4n) is 3.45. The first-order chi connectivity index (χ1) is 15.3. The predicted molar refractivity (Wildman–Crippen MR) is 123 cm³/mol. The normalized spacial score (nSPS) is 15.9. The van der Waals surface area contributed by atoms with Crippen LogP contribution in [0.2, 0.25) is 0 Å². The lowest BCUT2D eigenvalue weighted by atomic mass is 9.80. The predicted octanol–water partition coefficient (Wildman–Crippen LogP) is 3.02. The molecule has 9 nitrogen and oxygen atoms in total. The number of benzene rings is 1. The van der Waals surface area contributed by atoms with E-state index in [1.165, 1.54) is 18.2 Å². The minimum Gasteiger partial charge on any atom is -0.463 e. The van der Waals surface area contributed by atoms with E-state index in [4.69, 9.17) is 15.2 Å². The standard InChI is InChI=1S/C22H29N3O6S/c1-4-30-21(26)18-14(3)24-17(13-32-11-7-10-23)20(22(27)31-5-2)19(18)15-8-6-9-16(12-15)25(28)29/h6,8-9,12,19,24H,4-5,7,10-11,13,23H2,1-3H3. The zero-order valence-electron chi connectivity index (χ0n) is 18.5. The third-order valence-electron chi connectivity index (χ3n) is 4.79. The molecule has 0 saturated carbocycles. The molecule has 1 aromatic rings. The van der Waals surface area contributed by atoms with Gasteiger partial charge < -0.3 is 20.5 Å². The molecule has 32 heavy (non-hydrogen) atoms.